The van der Waals surface area contributed by atoms with Crippen LogP contribution in [0.3, 0.4) is 0 Å². The second-order valence-corrected chi connectivity index (χ2v) is 7.45. The van der Waals surface area contributed by atoms with Crippen molar-refractivity contribution in [1.29, 1.82) is 0 Å². The van der Waals surface area contributed by atoms with E-state index >= 15 is 0 Å². The molecule has 3 aromatic rings. The van der Waals surface area contributed by atoms with E-state index in [4.69, 9.17) is 0 Å². The number of aryl methyl sites for hydroxylation is 1. The summed E-state index contributed by atoms with van der Waals surface area (Å²) in [6.45, 7) is 0.563. The molecule has 0 aliphatic heterocycles. The fourth-order valence-corrected chi connectivity index (χ4v) is 3.98. The second kappa shape index (κ2) is 8.22. The van der Waals surface area contributed by atoms with E-state index in [1.165, 1.54) is 23.1 Å². The summed E-state index contributed by atoms with van der Waals surface area (Å²) in [7, 11) is 0. The molecular formula is C25H25NO. The van der Waals surface area contributed by atoms with Gasteiger partial charge in [-0.2, -0.15) is 0 Å². The van der Waals surface area contributed by atoms with Gasteiger partial charge in [-0.15, -0.1) is 0 Å². The Bertz CT molecular complexity index is 902. The molecule has 0 spiro atoms. The molecule has 3 aromatic carbocycles. The predicted molar refractivity (Wildman–Crippen MR) is 110 cm³/mol. The first-order chi connectivity index (χ1) is 13.3. The summed E-state index contributed by atoms with van der Waals surface area (Å²) in [5.41, 5.74) is 6.04. The highest BCUT2D eigenvalue weighted by molar-refractivity contribution is 5.94. The van der Waals surface area contributed by atoms with Crippen LogP contribution in [0.4, 0.5) is 0 Å². The van der Waals surface area contributed by atoms with Crippen molar-refractivity contribution in [3.05, 3.63) is 107 Å². The first-order valence-corrected chi connectivity index (χ1v) is 9.76. The monoisotopic (exact) mass is 355 g/mol. The van der Waals surface area contributed by atoms with Gasteiger partial charge in [-0.25, -0.2) is 0 Å². The molecular weight excluding hydrogens is 330 g/mol. The summed E-state index contributed by atoms with van der Waals surface area (Å²) in [5, 5.41) is 3.03. The van der Waals surface area contributed by atoms with E-state index in [0.29, 0.717) is 12.5 Å². The Morgan fingerprint density at radius 2 is 1.56 bits per heavy atom. The number of carbonyl (C=O) groups excluding carboxylic acids is 1. The summed E-state index contributed by atoms with van der Waals surface area (Å²) in [4.78, 5) is 12.6. The molecule has 1 amide bonds. The largest absolute Gasteiger partial charge is 0.348 e. The van der Waals surface area contributed by atoms with Crippen molar-refractivity contribution in [3.63, 3.8) is 0 Å². The highest BCUT2D eigenvalue weighted by Crippen LogP contribution is 2.28. The standard InChI is InChI=1S/C25H25NO/c27-25(26-18-20-9-5-2-6-10-20)23-14-13-22-12-11-21(16-24(22)17-23)15-19-7-3-1-4-8-19/h1-10,13-14,17,21H,11-12,15-16,18H2,(H,26,27). The van der Waals surface area contributed by atoms with E-state index in [1.54, 1.807) is 0 Å². The zero-order chi connectivity index (χ0) is 18.5. The summed E-state index contributed by atoms with van der Waals surface area (Å²) in [6, 6.07) is 27.0. The van der Waals surface area contributed by atoms with Crippen LogP contribution in [0.15, 0.2) is 78.9 Å². The molecule has 0 radical (unpaired) electrons. The van der Waals surface area contributed by atoms with Crippen LogP contribution in [0.2, 0.25) is 0 Å². The maximum atomic E-state index is 12.6. The molecule has 1 atom stereocenters. The number of rotatable bonds is 5. The van der Waals surface area contributed by atoms with Gasteiger partial charge >= 0.3 is 0 Å². The topological polar surface area (TPSA) is 29.1 Å². The van der Waals surface area contributed by atoms with Crippen LogP contribution in [0.5, 0.6) is 0 Å². The Balaban J connectivity index is 1.42. The van der Waals surface area contributed by atoms with Crippen LogP contribution in [-0.2, 0) is 25.8 Å². The van der Waals surface area contributed by atoms with Crippen molar-refractivity contribution in [1.82, 2.24) is 5.32 Å². The molecule has 2 heteroatoms. The lowest BCUT2D eigenvalue weighted by molar-refractivity contribution is 0.0950. The van der Waals surface area contributed by atoms with Gasteiger partial charge in [0.15, 0.2) is 0 Å². The van der Waals surface area contributed by atoms with E-state index in [9.17, 15) is 4.79 Å². The third kappa shape index (κ3) is 4.46. The van der Waals surface area contributed by atoms with E-state index in [2.05, 4.69) is 47.8 Å². The Kier molecular flexibility index (Phi) is 5.34. The third-order valence-corrected chi connectivity index (χ3v) is 5.46. The lowest BCUT2D eigenvalue weighted by Crippen LogP contribution is -2.24. The minimum Gasteiger partial charge on any atom is -0.348 e. The van der Waals surface area contributed by atoms with E-state index in [0.717, 1.165) is 30.4 Å². The number of amides is 1. The molecule has 1 aliphatic rings. The number of hydrogen-bond donors (Lipinski definition) is 1. The highest BCUT2D eigenvalue weighted by atomic mass is 16.1. The van der Waals surface area contributed by atoms with E-state index in [-0.39, 0.29) is 5.91 Å². The number of hydrogen-bond acceptors (Lipinski definition) is 1. The highest BCUT2D eigenvalue weighted by Gasteiger charge is 2.20. The molecule has 27 heavy (non-hydrogen) atoms. The number of benzene rings is 3. The van der Waals surface area contributed by atoms with Crippen molar-refractivity contribution < 1.29 is 4.79 Å². The number of nitrogens with one attached hydrogen (secondary N) is 1. The van der Waals surface area contributed by atoms with Gasteiger partial charge in [-0.1, -0.05) is 66.7 Å². The molecule has 0 aromatic heterocycles. The maximum absolute atomic E-state index is 12.6. The average Bonchev–Trinajstić information content (AvgIpc) is 2.73. The maximum Gasteiger partial charge on any atom is 0.251 e. The normalized spacial score (nSPS) is 15.8. The fraction of sp³-hybridized carbons (Fsp3) is 0.240. The second-order valence-electron chi connectivity index (χ2n) is 7.45. The quantitative estimate of drug-likeness (QED) is 0.688. The molecule has 0 saturated carbocycles. The lowest BCUT2D eigenvalue weighted by Gasteiger charge is -2.25. The summed E-state index contributed by atoms with van der Waals surface area (Å²) >= 11 is 0. The summed E-state index contributed by atoms with van der Waals surface area (Å²) in [5.74, 6) is 0.661. The molecule has 4 rings (SSSR count). The Morgan fingerprint density at radius 1 is 0.852 bits per heavy atom. The van der Waals surface area contributed by atoms with Crippen LogP contribution < -0.4 is 5.32 Å². The third-order valence-electron chi connectivity index (χ3n) is 5.46. The zero-order valence-electron chi connectivity index (χ0n) is 15.5. The summed E-state index contributed by atoms with van der Waals surface area (Å²) in [6.07, 6.45) is 4.51. The predicted octanol–water partition coefficient (Wildman–Crippen LogP) is 4.96. The minimum absolute atomic E-state index is 0.00633. The van der Waals surface area contributed by atoms with Crippen LogP contribution >= 0.6 is 0 Å². The van der Waals surface area contributed by atoms with Gasteiger partial charge in [0, 0.05) is 12.1 Å². The zero-order valence-corrected chi connectivity index (χ0v) is 15.5. The Morgan fingerprint density at radius 3 is 2.30 bits per heavy atom. The molecule has 0 bridgehead atoms. The number of fused-ring (bicyclic) bond motifs is 1. The van der Waals surface area contributed by atoms with Gasteiger partial charge < -0.3 is 5.32 Å². The molecule has 1 aliphatic carbocycles. The van der Waals surface area contributed by atoms with Gasteiger partial charge in [-0.05, 0) is 66.0 Å². The van der Waals surface area contributed by atoms with E-state index in [1.807, 2.05) is 36.4 Å². The van der Waals surface area contributed by atoms with Gasteiger partial charge in [-0.3, -0.25) is 4.79 Å². The SMILES string of the molecule is O=C(NCc1ccccc1)c1ccc2c(c1)CC(Cc1ccccc1)CC2. The molecule has 0 saturated heterocycles. The Labute approximate surface area is 161 Å². The summed E-state index contributed by atoms with van der Waals surface area (Å²) < 4.78 is 0. The molecule has 136 valence electrons. The van der Waals surface area contributed by atoms with Crippen LogP contribution in [-0.4, -0.2) is 5.91 Å². The van der Waals surface area contributed by atoms with Crippen LogP contribution in [0.25, 0.3) is 0 Å². The van der Waals surface area contributed by atoms with Crippen molar-refractivity contribution >= 4 is 5.91 Å². The van der Waals surface area contributed by atoms with Crippen LogP contribution in [0.1, 0.15) is 39.0 Å². The van der Waals surface area contributed by atoms with Gasteiger partial charge in [0.05, 0.1) is 0 Å². The minimum atomic E-state index is 0.00633. The molecule has 2 nitrogen and oxygen atoms in total. The average molecular weight is 355 g/mol. The van der Waals surface area contributed by atoms with Gasteiger partial charge in [0.2, 0.25) is 0 Å². The first-order valence-electron chi connectivity index (χ1n) is 9.76. The smallest absolute Gasteiger partial charge is 0.251 e. The van der Waals surface area contributed by atoms with Crippen molar-refractivity contribution in [2.75, 3.05) is 0 Å². The van der Waals surface area contributed by atoms with Gasteiger partial charge in [0.1, 0.15) is 0 Å². The van der Waals surface area contributed by atoms with Crippen molar-refractivity contribution in [2.24, 2.45) is 5.92 Å². The fourth-order valence-electron chi connectivity index (χ4n) is 3.98. The lowest BCUT2D eigenvalue weighted by atomic mass is 9.80. The van der Waals surface area contributed by atoms with Crippen molar-refractivity contribution in [2.45, 2.75) is 32.2 Å². The molecule has 1 N–H and O–H groups in total. The first kappa shape index (κ1) is 17.5. The van der Waals surface area contributed by atoms with Crippen LogP contribution in [0, 0.1) is 5.92 Å². The molecule has 0 heterocycles. The van der Waals surface area contributed by atoms with Crippen molar-refractivity contribution in [3.8, 4) is 0 Å². The Hall–Kier alpha value is -2.87. The molecule has 1 unspecified atom stereocenters. The number of carbonyl (C=O) groups is 1. The molecule has 0 fully saturated rings. The van der Waals surface area contributed by atoms with E-state index < -0.39 is 0 Å². The van der Waals surface area contributed by atoms with Gasteiger partial charge in [0.25, 0.3) is 5.91 Å².